The Morgan fingerprint density at radius 3 is 2.71 bits per heavy atom. The minimum absolute atomic E-state index is 0.0601. The van der Waals surface area contributed by atoms with Crippen molar-refractivity contribution in [3.05, 3.63) is 57.0 Å². The van der Waals surface area contributed by atoms with Crippen molar-refractivity contribution in [1.29, 1.82) is 0 Å². The number of rotatable bonds is 6. The fourth-order valence-corrected chi connectivity index (χ4v) is 4.80. The lowest BCUT2D eigenvalue weighted by atomic mass is 10.1. The number of halogens is 2. The summed E-state index contributed by atoms with van der Waals surface area (Å²) < 4.78 is 33.4. The molecule has 2 aromatic carbocycles. The van der Waals surface area contributed by atoms with Crippen molar-refractivity contribution in [3.63, 3.8) is 0 Å². The van der Waals surface area contributed by atoms with Crippen LogP contribution in [0.5, 0.6) is 5.75 Å². The number of ether oxygens (including phenoxy) is 1. The molecule has 24 heavy (non-hydrogen) atoms. The van der Waals surface area contributed by atoms with E-state index in [1.54, 1.807) is 12.1 Å². The average Bonchev–Trinajstić information content (AvgIpc) is 2.99. The number of benzene rings is 2. The van der Waals surface area contributed by atoms with Gasteiger partial charge in [-0.1, -0.05) is 33.6 Å². The predicted molar refractivity (Wildman–Crippen MR) is 98.3 cm³/mol. The Morgan fingerprint density at radius 1 is 1.12 bits per heavy atom. The van der Waals surface area contributed by atoms with Crippen LogP contribution in [0.3, 0.4) is 0 Å². The molecule has 7 heteroatoms. The van der Waals surface area contributed by atoms with E-state index in [0.29, 0.717) is 0 Å². The van der Waals surface area contributed by atoms with E-state index in [1.165, 1.54) is 23.6 Å². The maximum Gasteiger partial charge on any atom is 0.242 e. The summed E-state index contributed by atoms with van der Waals surface area (Å²) in [6, 6.07) is 10.7. The van der Waals surface area contributed by atoms with Crippen LogP contribution in [-0.2, 0) is 22.9 Å². The molecule has 4 nitrogen and oxygen atoms in total. The SMILES string of the molecule is O=S(=O)(NCCOc1ccc2c(c1)CCC2)c1ccc(Br)cc1Cl. The van der Waals surface area contributed by atoms with E-state index in [0.717, 1.165) is 23.1 Å². The third-order valence-corrected chi connectivity index (χ3v) is 6.35. The number of hydrogen-bond acceptors (Lipinski definition) is 3. The molecular weight excluding hydrogens is 414 g/mol. The molecule has 0 amide bonds. The summed E-state index contributed by atoms with van der Waals surface area (Å²) >= 11 is 9.25. The summed E-state index contributed by atoms with van der Waals surface area (Å²) in [6.45, 7) is 0.429. The van der Waals surface area contributed by atoms with Crippen molar-refractivity contribution >= 4 is 37.6 Å². The number of nitrogens with one attached hydrogen (secondary N) is 1. The molecule has 0 saturated heterocycles. The van der Waals surface area contributed by atoms with Crippen LogP contribution in [0.4, 0.5) is 0 Å². The van der Waals surface area contributed by atoms with Crippen molar-refractivity contribution in [2.45, 2.75) is 24.2 Å². The molecule has 0 spiro atoms. The van der Waals surface area contributed by atoms with Gasteiger partial charge >= 0.3 is 0 Å². The zero-order chi connectivity index (χ0) is 17.2. The molecule has 1 aliphatic carbocycles. The number of sulfonamides is 1. The summed E-state index contributed by atoms with van der Waals surface area (Å²) in [5.74, 6) is 0.775. The first-order valence-electron chi connectivity index (χ1n) is 7.65. The van der Waals surface area contributed by atoms with Gasteiger partial charge in [0.2, 0.25) is 10.0 Å². The van der Waals surface area contributed by atoms with Gasteiger partial charge in [-0.05, 0) is 60.7 Å². The molecule has 3 rings (SSSR count). The van der Waals surface area contributed by atoms with Gasteiger partial charge in [-0.25, -0.2) is 13.1 Å². The van der Waals surface area contributed by atoms with Crippen LogP contribution in [0, 0.1) is 0 Å². The van der Waals surface area contributed by atoms with Crippen LogP contribution in [0.1, 0.15) is 17.5 Å². The van der Waals surface area contributed by atoms with Crippen LogP contribution >= 0.6 is 27.5 Å². The highest BCUT2D eigenvalue weighted by atomic mass is 79.9. The smallest absolute Gasteiger partial charge is 0.242 e. The molecule has 0 radical (unpaired) electrons. The molecule has 0 aliphatic heterocycles. The van der Waals surface area contributed by atoms with Gasteiger partial charge in [0, 0.05) is 11.0 Å². The monoisotopic (exact) mass is 429 g/mol. The highest BCUT2D eigenvalue weighted by Gasteiger charge is 2.17. The highest BCUT2D eigenvalue weighted by molar-refractivity contribution is 9.10. The lowest BCUT2D eigenvalue weighted by Crippen LogP contribution is -2.28. The molecule has 0 atom stereocenters. The summed E-state index contributed by atoms with van der Waals surface area (Å²) in [6.07, 6.45) is 3.40. The molecule has 0 bridgehead atoms. The fourth-order valence-electron chi connectivity index (χ4n) is 2.75. The Hall–Kier alpha value is -1.08. The largest absolute Gasteiger partial charge is 0.492 e. The maximum absolute atomic E-state index is 12.3. The first-order valence-corrected chi connectivity index (χ1v) is 10.3. The van der Waals surface area contributed by atoms with E-state index >= 15 is 0 Å². The Morgan fingerprint density at radius 2 is 1.92 bits per heavy atom. The third-order valence-electron chi connectivity index (χ3n) is 3.92. The number of fused-ring (bicyclic) bond motifs is 1. The van der Waals surface area contributed by atoms with Gasteiger partial charge in [0.05, 0.1) is 5.02 Å². The van der Waals surface area contributed by atoms with E-state index in [4.69, 9.17) is 16.3 Å². The van der Waals surface area contributed by atoms with Crippen molar-refractivity contribution in [2.75, 3.05) is 13.2 Å². The van der Waals surface area contributed by atoms with E-state index in [1.807, 2.05) is 12.1 Å². The van der Waals surface area contributed by atoms with Crippen LogP contribution in [0.2, 0.25) is 5.02 Å². The minimum Gasteiger partial charge on any atom is -0.492 e. The van der Waals surface area contributed by atoms with Gasteiger partial charge < -0.3 is 4.74 Å². The highest BCUT2D eigenvalue weighted by Crippen LogP contribution is 2.26. The number of aryl methyl sites for hydroxylation is 2. The second-order valence-corrected chi connectivity index (χ2v) is 8.66. The summed E-state index contributed by atoms with van der Waals surface area (Å²) in [4.78, 5) is 0.0601. The molecule has 0 aromatic heterocycles. The van der Waals surface area contributed by atoms with Crippen LogP contribution in [-0.4, -0.2) is 21.6 Å². The van der Waals surface area contributed by atoms with Crippen molar-refractivity contribution in [2.24, 2.45) is 0 Å². The molecule has 1 aliphatic rings. The van der Waals surface area contributed by atoms with E-state index in [2.05, 4.69) is 26.7 Å². The Labute approximate surface area is 155 Å². The van der Waals surface area contributed by atoms with Gasteiger partial charge in [-0.2, -0.15) is 0 Å². The standard InChI is InChI=1S/C17H17BrClNO3S/c18-14-5-7-17(16(19)11-14)24(21,22)20-8-9-23-15-6-4-12-2-1-3-13(12)10-15/h4-7,10-11,20H,1-3,8-9H2. The summed E-state index contributed by atoms with van der Waals surface area (Å²) in [5, 5.41) is 0.177. The fraction of sp³-hybridized carbons (Fsp3) is 0.294. The molecule has 2 aromatic rings. The Balaban J connectivity index is 1.56. The van der Waals surface area contributed by atoms with E-state index in [-0.39, 0.29) is 23.1 Å². The number of hydrogen-bond donors (Lipinski definition) is 1. The van der Waals surface area contributed by atoms with Crippen molar-refractivity contribution in [1.82, 2.24) is 4.72 Å². The molecule has 0 fully saturated rings. The zero-order valence-corrected chi connectivity index (χ0v) is 16.0. The second-order valence-electron chi connectivity index (χ2n) is 5.61. The second kappa shape index (κ2) is 7.44. The average molecular weight is 431 g/mol. The summed E-state index contributed by atoms with van der Waals surface area (Å²) in [7, 11) is -3.65. The lowest BCUT2D eigenvalue weighted by molar-refractivity contribution is 0.322. The van der Waals surface area contributed by atoms with Gasteiger partial charge in [0.25, 0.3) is 0 Å². The third kappa shape index (κ3) is 4.11. The Kier molecular flexibility index (Phi) is 5.49. The quantitative estimate of drug-likeness (QED) is 0.706. The lowest BCUT2D eigenvalue weighted by Gasteiger charge is -2.10. The van der Waals surface area contributed by atoms with Gasteiger partial charge in [-0.15, -0.1) is 0 Å². The molecule has 0 unspecified atom stereocenters. The molecule has 0 heterocycles. The van der Waals surface area contributed by atoms with Gasteiger partial charge in [0.15, 0.2) is 0 Å². The zero-order valence-electron chi connectivity index (χ0n) is 12.9. The van der Waals surface area contributed by atoms with E-state index in [9.17, 15) is 8.42 Å². The maximum atomic E-state index is 12.3. The van der Waals surface area contributed by atoms with Crippen molar-refractivity contribution < 1.29 is 13.2 Å². The van der Waals surface area contributed by atoms with Crippen LogP contribution in [0.25, 0.3) is 0 Å². The molecular formula is C17H17BrClNO3S. The van der Waals surface area contributed by atoms with Crippen LogP contribution in [0.15, 0.2) is 45.8 Å². The molecule has 128 valence electrons. The van der Waals surface area contributed by atoms with Gasteiger partial charge in [0.1, 0.15) is 17.3 Å². The predicted octanol–water partition coefficient (Wildman–Crippen LogP) is 3.95. The molecule has 0 saturated carbocycles. The molecule has 1 N–H and O–H groups in total. The minimum atomic E-state index is -3.65. The van der Waals surface area contributed by atoms with E-state index < -0.39 is 10.0 Å². The first kappa shape index (κ1) is 17.7. The first-order chi connectivity index (χ1) is 11.5. The Bertz CT molecular complexity index is 855. The topological polar surface area (TPSA) is 55.4 Å². The van der Waals surface area contributed by atoms with Crippen molar-refractivity contribution in [3.8, 4) is 5.75 Å². The van der Waals surface area contributed by atoms with Crippen LogP contribution < -0.4 is 9.46 Å². The van der Waals surface area contributed by atoms with Gasteiger partial charge in [-0.3, -0.25) is 0 Å². The normalized spacial score (nSPS) is 13.8. The summed E-state index contributed by atoms with van der Waals surface area (Å²) in [5.41, 5.74) is 2.71.